The Kier molecular flexibility index (Phi) is 12.2. The Balaban J connectivity index is 0.000000119. The lowest BCUT2D eigenvalue weighted by Gasteiger charge is -2.19. The Hall–Kier alpha value is -18.7. The van der Waals surface area contributed by atoms with Gasteiger partial charge >= 0.3 is 0 Å². The summed E-state index contributed by atoms with van der Waals surface area (Å²) < 4.78 is 334. The third-order valence-electron chi connectivity index (χ3n) is 29.1. The van der Waals surface area contributed by atoms with E-state index < -0.39 is 229 Å². The second-order valence-corrected chi connectivity index (χ2v) is 36.8. The van der Waals surface area contributed by atoms with Gasteiger partial charge in [0.15, 0.2) is 0 Å². The predicted octanol–water partition coefficient (Wildman–Crippen LogP) is 40.7. The molecule has 0 aromatic heterocycles. The first-order valence-electron chi connectivity index (χ1n) is 66.2. The summed E-state index contributed by atoms with van der Waals surface area (Å²) in [6, 6.07) is 78.4. The molecule has 32 aromatic rings. The average Bonchev–Trinajstić information content (AvgIpc) is 0.681. The Bertz CT molecular complexity index is 13100. The zero-order valence-electron chi connectivity index (χ0n) is 113. The van der Waals surface area contributed by atoms with Gasteiger partial charge < -0.3 is 0 Å². The normalized spacial score (nSPS) is 15.6. The van der Waals surface area contributed by atoms with Crippen molar-refractivity contribution < 1.29 is 50.7 Å². The summed E-state index contributed by atoms with van der Waals surface area (Å²) in [5.74, 6) is 0. The molecular weight excluding hydrogens is 1740 g/mol. The molecule has 0 saturated heterocycles. The molecule has 0 aliphatic heterocycles. The molecule has 0 bridgehead atoms. The summed E-state index contributed by atoms with van der Waals surface area (Å²) >= 11 is 0. The Morgan fingerprint density at radius 1 is 0.124 bits per heavy atom. The van der Waals surface area contributed by atoms with Gasteiger partial charge in [-0.15, -0.1) is 0 Å². The molecule has 0 saturated carbocycles. The maximum absolute atomic E-state index is 10.2. The van der Waals surface area contributed by atoms with Gasteiger partial charge in [0.05, 0.1) is 50.7 Å². The molecule has 0 N–H and O–H groups in total. The Labute approximate surface area is 890 Å². The van der Waals surface area contributed by atoms with Crippen molar-refractivity contribution in [2.75, 3.05) is 0 Å². The first-order chi connectivity index (χ1) is 87.3. The van der Waals surface area contributed by atoms with Crippen molar-refractivity contribution >= 4 is 194 Å². The summed E-state index contributed by atoms with van der Waals surface area (Å²) in [4.78, 5) is 0. The summed E-state index contributed by atoms with van der Waals surface area (Å²) in [7, 11) is 0. The Morgan fingerprint density at radius 2 is 0.462 bits per heavy atom. The van der Waals surface area contributed by atoms with Crippen LogP contribution >= 0.6 is 0 Å². The second-order valence-electron chi connectivity index (χ2n) is 36.8. The van der Waals surface area contributed by atoms with Crippen LogP contribution in [0, 0.1) is 0 Å². The molecule has 0 unspecified atom stereocenters. The highest BCUT2D eigenvalue weighted by Gasteiger charge is 2.26. The fraction of sp³-hybridized carbons (Fsp3) is 0.00690. The van der Waals surface area contributed by atoms with Crippen LogP contribution in [0.2, 0.25) is 0 Å². The van der Waals surface area contributed by atoms with E-state index in [4.69, 9.17) is 30.2 Å². The molecule has 32 aromatic carbocycles. The molecule has 0 aliphatic rings. The van der Waals surface area contributed by atoms with E-state index in [0.717, 1.165) is 131 Å². The summed E-state index contributed by atoms with van der Waals surface area (Å²) in [6.07, 6.45) is 0.725. The minimum atomic E-state index is -1.07. The molecule has 0 fully saturated rings. The van der Waals surface area contributed by atoms with Crippen molar-refractivity contribution in [3.63, 3.8) is 0 Å². The molecule has 0 atom stereocenters. The highest BCUT2D eigenvalue weighted by molar-refractivity contribution is 6.32. The quantitative estimate of drug-likeness (QED) is 0.107. The lowest BCUT2D eigenvalue weighted by Crippen LogP contribution is -1.96. The average molecular weight is 1870 g/mol. The van der Waals surface area contributed by atoms with Gasteiger partial charge in [0.1, 0.15) is 0 Å². The van der Waals surface area contributed by atoms with Gasteiger partial charge in [0.2, 0.25) is 0 Å². The SMILES string of the molecule is [2H]c1c([2H])c([2H])c(-c2c([2H])c([2H])c3c([2H])c([2H])c4c([2H])c([2H])c([2H])c5c([2H])c([2H])c2c3c45)c(-c2c([2H])c([2H])c(-c3c([2H])c([2H])c4c([2H])c([2H])c5c([2H])c([2H])c([2H])c6c([2H])c([2H])c3c4c56)c([2H])c2[2H])c1[2H].[2H]c1c([2H])c([2H])c(-c2ccc(-c3ccccc3Cc3ccc4ccc5cccc6ccc3c4c56)cc2-c2ccc3ccc4cccc5ccc2c3c45)c([2H])c1[2H].[2H]c1cc(-c2c([2H])c([2H])c([2H])c([2H])c2-c2ccc3ccc4cccc5ccc2c3c45)c([2H])c(-c2ccc3ccc4cccc5ccc2c3c45)c1-c1ccccc1. The molecule has 0 radical (unpaired) electrons. The largest absolute Gasteiger partial charge is 0.0636 e. The van der Waals surface area contributed by atoms with E-state index in [9.17, 15) is 20.6 Å². The van der Waals surface area contributed by atoms with E-state index in [1.54, 1.807) is 6.07 Å². The van der Waals surface area contributed by atoms with Gasteiger partial charge in [-0.2, -0.15) is 0 Å². The summed E-state index contributed by atoms with van der Waals surface area (Å²) in [5.41, 5.74) is 6.71. The van der Waals surface area contributed by atoms with Crippen LogP contribution in [0.1, 0.15) is 61.8 Å². The van der Waals surface area contributed by atoms with Crippen LogP contribution in [0.25, 0.3) is 305 Å². The molecule has 0 heterocycles. The van der Waals surface area contributed by atoms with Crippen molar-refractivity contribution in [2.24, 2.45) is 0 Å². The molecule has 668 valence electrons. The number of rotatable bonds is 12. The maximum Gasteiger partial charge on any atom is 0.0636 e. The van der Waals surface area contributed by atoms with Gasteiger partial charge in [0.25, 0.3) is 0 Å². The van der Waals surface area contributed by atoms with Gasteiger partial charge in [-0.1, -0.05) is 509 Å². The van der Waals surface area contributed by atoms with E-state index in [-0.39, 0.29) is 109 Å². The fourth-order valence-electron chi connectivity index (χ4n) is 22.6. The minimum absolute atomic E-state index is 0.0962. The van der Waals surface area contributed by atoms with Crippen LogP contribution in [-0.2, 0) is 6.42 Å². The molecule has 0 heteroatoms. The van der Waals surface area contributed by atoms with E-state index in [0.29, 0.717) is 27.8 Å². The van der Waals surface area contributed by atoms with E-state index >= 15 is 0 Å². The van der Waals surface area contributed by atoms with Crippen molar-refractivity contribution in [1.82, 2.24) is 0 Å². The van der Waals surface area contributed by atoms with Crippen LogP contribution in [0.5, 0.6) is 0 Å². The second kappa shape index (κ2) is 33.0. The van der Waals surface area contributed by atoms with Crippen LogP contribution in [0.4, 0.5) is 0 Å². The molecule has 32 rings (SSSR count). The van der Waals surface area contributed by atoms with Crippen LogP contribution in [-0.4, -0.2) is 0 Å². The Morgan fingerprint density at radius 3 is 0.972 bits per heavy atom. The first kappa shape index (κ1) is 53.6. The third-order valence-corrected chi connectivity index (χ3v) is 29.1. The minimum Gasteiger partial charge on any atom is -0.0622 e. The van der Waals surface area contributed by atoms with E-state index in [1.807, 2.05) is 72.8 Å². The molecule has 0 amide bonds. The summed E-state index contributed by atoms with van der Waals surface area (Å²) in [5, 5.41) is 22.5. The monoisotopic (exact) mass is 1870 g/mol. The van der Waals surface area contributed by atoms with Gasteiger partial charge in [-0.3, -0.25) is 0 Å². The van der Waals surface area contributed by atoms with Crippen molar-refractivity contribution in [1.29, 1.82) is 0 Å². The zero-order valence-corrected chi connectivity index (χ0v) is 76.5. The van der Waals surface area contributed by atoms with Crippen LogP contribution < -0.4 is 0 Å². The van der Waals surface area contributed by atoms with E-state index in [2.05, 4.69) is 218 Å². The molecule has 145 heavy (non-hydrogen) atoms. The van der Waals surface area contributed by atoms with Gasteiger partial charge in [-0.25, -0.2) is 0 Å². The molecule has 0 nitrogen and oxygen atoms in total. The lowest BCUT2D eigenvalue weighted by atomic mass is 9.84. The number of hydrogen-bond acceptors (Lipinski definition) is 0. The first-order valence-corrected chi connectivity index (χ1v) is 47.7. The van der Waals surface area contributed by atoms with E-state index in [1.165, 1.54) is 48.8 Å². The topological polar surface area (TPSA) is 0 Å². The molecule has 0 spiro atoms. The highest BCUT2D eigenvalue weighted by Crippen LogP contribution is 2.52. The molecular formula is C145H88. The summed E-state index contributed by atoms with van der Waals surface area (Å²) in [6.45, 7) is 0. The van der Waals surface area contributed by atoms with Crippen molar-refractivity contribution in [3.05, 3.63) is 532 Å². The zero-order chi connectivity index (χ0) is 127. The third kappa shape index (κ3) is 13.2. The number of benzene rings is 32. The van der Waals surface area contributed by atoms with Gasteiger partial charge in [0, 0.05) is 0 Å². The van der Waals surface area contributed by atoms with Crippen LogP contribution in [0.3, 0.4) is 0 Å². The van der Waals surface area contributed by atoms with Crippen molar-refractivity contribution in [2.45, 2.75) is 6.42 Å². The highest BCUT2D eigenvalue weighted by atomic mass is 14.3. The lowest BCUT2D eigenvalue weighted by molar-refractivity contribution is 1.22. The molecule has 0 aliphatic carbocycles. The smallest absolute Gasteiger partial charge is 0.0622 e. The maximum atomic E-state index is 10.2. The fourth-order valence-corrected chi connectivity index (χ4v) is 22.6. The van der Waals surface area contributed by atoms with Crippen LogP contribution in [0.15, 0.2) is 521 Å². The number of hydrogen-bond donors (Lipinski definition) is 0. The predicted molar refractivity (Wildman–Crippen MR) is 625 cm³/mol. The van der Waals surface area contributed by atoms with Crippen molar-refractivity contribution in [3.8, 4) is 111 Å². The van der Waals surface area contributed by atoms with Gasteiger partial charge in [-0.05, 0) is 335 Å². The standard InChI is InChI=1S/C51H32.C50H30.C44H26/c1-2-8-32(9-3-1)43-26-25-41(31-47(43)45-28-23-38-19-17-34-12-7-14-36-24-29-46(45)51(38)49(34)36)42-15-5-4-10-39(42)30-40-21-20-37-18-16-33-11-6-13-35-22-27-44(40)50(37)48(33)35;1-2-8-31(9-3-1)40-25-24-38(30-46(40)43-27-21-37-19-17-33-11-7-13-35-23-29-45(43)50(37)48(33)35)39-14-4-5-15-41(39)42-26-20-36-18-16-32-10-6-12-34-22-28-44(42)49(36)47(32)34;1-2-10-37(38-24-20-34-18-16-30-6-4-8-32-22-26-40(38)44(34)42(30)32)35(9-1)27-11-13-28(14-12-27)36-23-19-33-17-15-29-5-3-7-31-21-25-39(36)43(33)41(29)31/h1-29,31H,30H2;1-30H;1-26H/i1D,2D,3D,8D,9D;4D,5D,14D,15D,25D,30D;1D,2D,3D,4D,5D,6D,7D,8D,9D,10D,11D,12D,13D,14D,15D,16D,17D,18D,19D,20D,21D,22D,23D,24D,25D,26D.